The summed E-state index contributed by atoms with van der Waals surface area (Å²) in [6.07, 6.45) is 2.38. The van der Waals surface area contributed by atoms with Crippen LogP contribution in [0.1, 0.15) is 29.0 Å². The molecule has 9 heteroatoms. The molecular weight excluding hydrogens is 354 g/mol. The molecule has 1 aliphatic rings. The number of hydrogen-bond donors (Lipinski definition) is 1. The van der Waals surface area contributed by atoms with Crippen molar-refractivity contribution in [2.45, 2.75) is 25.8 Å². The summed E-state index contributed by atoms with van der Waals surface area (Å²) in [4.78, 5) is 19.0. The van der Waals surface area contributed by atoms with Crippen molar-refractivity contribution in [2.24, 2.45) is 7.05 Å². The Labute approximate surface area is 153 Å². The van der Waals surface area contributed by atoms with Crippen LogP contribution in [0, 0.1) is 6.92 Å². The third-order valence-electron chi connectivity index (χ3n) is 4.40. The summed E-state index contributed by atoms with van der Waals surface area (Å²) in [5.74, 6) is 1.34. The van der Waals surface area contributed by atoms with E-state index in [2.05, 4.69) is 14.8 Å². The molecule has 0 aliphatic carbocycles. The Morgan fingerprint density at radius 1 is 1.27 bits per heavy atom. The first-order valence-electron chi connectivity index (χ1n) is 8.47. The van der Waals surface area contributed by atoms with Crippen molar-refractivity contribution in [1.82, 2.24) is 24.4 Å². The summed E-state index contributed by atoms with van der Waals surface area (Å²) in [7, 11) is -1.40. The summed E-state index contributed by atoms with van der Waals surface area (Å²) in [5.41, 5.74) is 1.44. The molecule has 0 spiro atoms. The molecule has 0 unspecified atom stereocenters. The number of piperidine rings is 1. The fourth-order valence-electron chi connectivity index (χ4n) is 3.24. The van der Waals surface area contributed by atoms with Gasteiger partial charge in [0.05, 0.1) is 6.26 Å². The van der Waals surface area contributed by atoms with E-state index in [0.717, 1.165) is 11.8 Å². The van der Waals surface area contributed by atoms with Crippen molar-refractivity contribution in [3.63, 3.8) is 0 Å². The Bertz CT molecular complexity index is 914. The van der Waals surface area contributed by atoms with Crippen LogP contribution in [0.15, 0.2) is 24.3 Å². The largest absolute Gasteiger partial charge is 0.339 e. The van der Waals surface area contributed by atoms with E-state index >= 15 is 0 Å². The van der Waals surface area contributed by atoms with E-state index in [1.54, 1.807) is 15.6 Å². The van der Waals surface area contributed by atoms with E-state index < -0.39 is 10.0 Å². The molecule has 2 heterocycles. The van der Waals surface area contributed by atoms with Crippen LogP contribution in [0.2, 0.25) is 0 Å². The van der Waals surface area contributed by atoms with Gasteiger partial charge in [0.1, 0.15) is 5.82 Å². The number of aromatic nitrogens is 3. The Morgan fingerprint density at radius 2 is 1.96 bits per heavy atom. The van der Waals surface area contributed by atoms with Gasteiger partial charge in [-0.05, 0) is 31.9 Å². The van der Waals surface area contributed by atoms with Crippen molar-refractivity contribution < 1.29 is 13.2 Å². The number of carbonyl (C=O) groups is 1. The lowest BCUT2D eigenvalue weighted by molar-refractivity contribution is 0.0711. The van der Waals surface area contributed by atoms with Gasteiger partial charge in [-0.15, -0.1) is 0 Å². The maximum atomic E-state index is 12.8. The van der Waals surface area contributed by atoms with Crippen LogP contribution >= 0.6 is 0 Å². The summed E-state index contributed by atoms with van der Waals surface area (Å²) < 4.78 is 27.0. The van der Waals surface area contributed by atoms with Gasteiger partial charge < -0.3 is 4.90 Å². The van der Waals surface area contributed by atoms with Crippen molar-refractivity contribution >= 4 is 15.9 Å². The Balaban J connectivity index is 1.71. The molecule has 1 saturated heterocycles. The quantitative estimate of drug-likeness (QED) is 0.855. The van der Waals surface area contributed by atoms with Crippen molar-refractivity contribution in [2.75, 3.05) is 19.3 Å². The van der Waals surface area contributed by atoms with E-state index in [1.807, 2.05) is 32.2 Å². The van der Waals surface area contributed by atoms with E-state index in [-0.39, 0.29) is 11.9 Å². The molecule has 1 aromatic carbocycles. The van der Waals surface area contributed by atoms with Crippen molar-refractivity contribution in [3.8, 4) is 11.4 Å². The second-order valence-electron chi connectivity index (χ2n) is 6.64. The molecule has 0 saturated carbocycles. The SMILES string of the molecule is Cc1nc(-c2cccc(C(=O)N3CCC(NS(C)(=O)=O)CC3)c2)n(C)n1. The zero-order chi connectivity index (χ0) is 18.9. The number of sulfonamides is 1. The maximum Gasteiger partial charge on any atom is 0.253 e. The lowest BCUT2D eigenvalue weighted by Crippen LogP contribution is -2.46. The molecule has 8 nitrogen and oxygen atoms in total. The normalized spacial score (nSPS) is 16.0. The van der Waals surface area contributed by atoms with Crippen LogP contribution in [0.5, 0.6) is 0 Å². The first-order valence-corrected chi connectivity index (χ1v) is 10.4. The Morgan fingerprint density at radius 3 is 2.54 bits per heavy atom. The first kappa shape index (κ1) is 18.5. The first-order chi connectivity index (χ1) is 12.2. The van der Waals surface area contributed by atoms with Crippen LogP contribution in [-0.4, -0.2) is 59.4 Å². The second kappa shape index (κ2) is 7.16. The molecule has 0 bridgehead atoms. The standard InChI is InChI=1S/C17H23N5O3S/c1-12-18-16(21(2)19-12)13-5-4-6-14(11-13)17(23)22-9-7-15(8-10-22)20-26(3,24)25/h4-6,11,15,20H,7-10H2,1-3H3. The molecule has 1 aromatic heterocycles. The number of carbonyl (C=O) groups excluding carboxylic acids is 1. The monoisotopic (exact) mass is 377 g/mol. The van der Waals surface area contributed by atoms with Crippen LogP contribution in [0.25, 0.3) is 11.4 Å². The van der Waals surface area contributed by atoms with Crippen LogP contribution in [-0.2, 0) is 17.1 Å². The molecule has 3 rings (SSSR count). The average molecular weight is 377 g/mol. The third kappa shape index (κ3) is 4.28. The van der Waals surface area contributed by atoms with Crippen molar-refractivity contribution in [1.29, 1.82) is 0 Å². The van der Waals surface area contributed by atoms with Gasteiger partial charge in [0.15, 0.2) is 5.82 Å². The molecule has 26 heavy (non-hydrogen) atoms. The van der Waals surface area contributed by atoms with Gasteiger partial charge in [0.2, 0.25) is 10.0 Å². The van der Waals surface area contributed by atoms with Gasteiger partial charge in [-0.3, -0.25) is 4.79 Å². The minimum Gasteiger partial charge on any atom is -0.339 e. The Kier molecular flexibility index (Phi) is 5.10. The topological polar surface area (TPSA) is 97.2 Å². The molecule has 0 radical (unpaired) electrons. The highest BCUT2D eigenvalue weighted by Gasteiger charge is 2.25. The lowest BCUT2D eigenvalue weighted by atomic mass is 10.0. The van der Waals surface area contributed by atoms with E-state index in [1.165, 1.54) is 0 Å². The zero-order valence-electron chi connectivity index (χ0n) is 15.1. The lowest BCUT2D eigenvalue weighted by Gasteiger charge is -2.32. The van der Waals surface area contributed by atoms with Crippen molar-refractivity contribution in [3.05, 3.63) is 35.7 Å². The number of nitrogens with zero attached hydrogens (tertiary/aromatic N) is 4. The maximum absolute atomic E-state index is 12.8. The highest BCUT2D eigenvalue weighted by atomic mass is 32.2. The number of aryl methyl sites for hydroxylation is 2. The Hall–Kier alpha value is -2.26. The summed E-state index contributed by atoms with van der Waals surface area (Å²) in [6, 6.07) is 7.25. The van der Waals surface area contributed by atoms with Crippen LogP contribution in [0.3, 0.4) is 0 Å². The smallest absolute Gasteiger partial charge is 0.253 e. The average Bonchev–Trinajstić information content (AvgIpc) is 2.92. The molecule has 1 fully saturated rings. The number of nitrogens with one attached hydrogen (secondary N) is 1. The predicted octanol–water partition coefficient (Wildman–Crippen LogP) is 0.944. The minimum atomic E-state index is -3.22. The van der Waals surface area contributed by atoms with Gasteiger partial charge in [0.25, 0.3) is 5.91 Å². The minimum absolute atomic E-state index is 0.0523. The second-order valence-corrected chi connectivity index (χ2v) is 8.42. The summed E-state index contributed by atoms with van der Waals surface area (Å²) >= 11 is 0. The fourth-order valence-corrected chi connectivity index (χ4v) is 4.08. The number of rotatable bonds is 4. The van der Waals surface area contributed by atoms with Crippen LogP contribution < -0.4 is 4.72 Å². The fraction of sp³-hybridized carbons (Fsp3) is 0.471. The van der Waals surface area contributed by atoms with Gasteiger partial charge in [-0.2, -0.15) is 5.10 Å². The van der Waals surface area contributed by atoms with E-state index in [9.17, 15) is 13.2 Å². The molecule has 1 aliphatic heterocycles. The number of likely N-dealkylation sites (tertiary alicyclic amines) is 1. The molecule has 140 valence electrons. The zero-order valence-corrected chi connectivity index (χ0v) is 16.0. The molecular formula is C17H23N5O3S. The van der Waals surface area contributed by atoms with Crippen LogP contribution in [0.4, 0.5) is 0 Å². The summed E-state index contributed by atoms with van der Waals surface area (Å²) in [5, 5.41) is 4.24. The highest BCUT2D eigenvalue weighted by molar-refractivity contribution is 7.88. The number of hydrogen-bond acceptors (Lipinski definition) is 5. The molecule has 1 amide bonds. The van der Waals surface area contributed by atoms with Gasteiger partial charge in [-0.25, -0.2) is 22.8 Å². The predicted molar refractivity (Wildman–Crippen MR) is 98.1 cm³/mol. The number of amides is 1. The van der Waals surface area contributed by atoms with E-state index in [0.29, 0.717) is 43.1 Å². The van der Waals surface area contributed by atoms with E-state index in [4.69, 9.17) is 0 Å². The molecule has 0 atom stereocenters. The summed E-state index contributed by atoms with van der Waals surface area (Å²) in [6.45, 7) is 2.88. The molecule has 1 N–H and O–H groups in total. The third-order valence-corrected chi connectivity index (χ3v) is 5.16. The molecule has 2 aromatic rings. The van der Waals surface area contributed by atoms with Gasteiger partial charge in [0, 0.05) is 37.3 Å². The van der Waals surface area contributed by atoms with Gasteiger partial charge >= 0.3 is 0 Å². The highest BCUT2D eigenvalue weighted by Crippen LogP contribution is 2.20. The van der Waals surface area contributed by atoms with Gasteiger partial charge in [-0.1, -0.05) is 12.1 Å². The number of benzene rings is 1.